The average molecular weight is 336 g/mol. The van der Waals surface area contributed by atoms with Crippen LogP contribution in [0.25, 0.3) is 0 Å². The van der Waals surface area contributed by atoms with E-state index in [1.807, 2.05) is 0 Å². The number of carbonyl (C=O) groups is 1. The Labute approximate surface area is 132 Å². The van der Waals surface area contributed by atoms with Crippen LogP contribution < -0.4 is 0 Å². The fourth-order valence-corrected chi connectivity index (χ4v) is 3.28. The first kappa shape index (κ1) is 17.5. The lowest BCUT2D eigenvalue weighted by molar-refractivity contribution is -0.144. The van der Waals surface area contributed by atoms with Crippen molar-refractivity contribution in [3.8, 4) is 0 Å². The third-order valence-corrected chi connectivity index (χ3v) is 4.45. The monoisotopic (exact) mass is 336 g/mol. The number of carbonyl (C=O) groups excluding carboxylic acids is 1. The third-order valence-electron chi connectivity index (χ3n) is 3.24. The van der Waals surface area contributed by atoms with E-state index in [2.05, 4.69) is 4.99 Å². The molecular formula is C13H21FN2O5S. The Bertz CT molecular complexity index is 470. The Morgan fingerprint density at radius 1 is 1.55 bits per heavy atom. The summed E-state index contributed by atoms with van der Waals surface area (Å²) in [5.74, 6) is 0. The molecule has 0 bridgehead atoms. The highest BCUT2D eigenvalue weighted by atomic mass is 32.2. The molecule has 2 heterocycles. The molecule has 2 aliphatic rings. The van der Waals surface area contributed by atoms with Gasteiger partial charge in [-0.25, -0.2) is 9.18 Å². The minimum absolute atomic E-state index is 0.262. The lowest BCUT2D eigenvalue weighted by atomic mass is 10.0. The minimum Gasteiger partial charge on any atom is -0.443 e. The molecule has 1 amide bonds. The van der Waals surface area contributed by atoms with Crippen molar-refractivity contribution in [1.29, 1.82) is 0 Å². The van der Waals surface area contributed by atoms with E-state index in [1.165, 1.54) is 11.9 Å². The van der Waals surface area contributed by atoms with Crippen LogP contribution in [-0.2, 0) is 9.47 Å². The number of alkyl halides is 1. The first-order valence-electron chi connectivity index (χ1n) is 6.93. The quantitative estimate of drug-likeness (QED) is 0.734. The molecule has 0 radical (unpaired) electrons. The van der Waals surface area contributed by atoms with Gasteiger partial charge in [-0.2, -0.15) is 0 Å². The number of amides is 1. The molecule has 0 aliphatic carbocycles. The maximum absolute atomic E-state index is 14.2. The normalized spacial score (nSPS) is 34.9. The van der Waals surface area contributed by atoms with E-state index in [0.29, 0.717) is 0 Å². The zero-order valence-corrected chi connectivity index (χ0v) is 13.7. The van der Waals surface area contributed by atoms with Crippen molar-refractivity contribution in [2.75, 3.05) is 13.7 Å². The molecule has 9 heteroatoms. The van der Waals surface area contributed by atoms with Crippen molar-refractivity contribution in [2.45, 2.75) is 56.2 Å². The smallest absolute Gasteiger partial charge is 0.416 e. The van der Waals surface area contributed by atoms with Gasteiger partial charge in [0.05, 0.1) is 6.61 Å². The van der Waals surface area contributed by atoms with Crippen LogP contribution in [0, 0.1) is 0 Å². The van der Waals surface area contributed by atoms with E-state index < -0.39 is 48.2 Å². The molecule has 126 valence electrons. The van der Waals surface area contributed by atoms with E-state index in [9.17, 15) is 14.3 Å². The summed E-state index contributed by atoms with van der Waals surface area (Å²) in [7, 11) is 1.48. The zero-order valence-electron chi connectivity index (χ0n) is 12.9. The molecule has 0 aromatic carbocycles. The number of aliphatic hydroxyl groups is 2. The van der Waals surface area contributed by atoms with Crippen LogP contribution in [0.3, 0.4) is 0 Å². The summed E-state index contributed by atoms with van der Waals surface area (Å²) >= 11 is 1.07. The highest BCUT2D eigenvalue weighted by Gasteiger charge is 2.50. The number of amidine groups is 1. The van der Waals surface area contributed by atoms with Crippen LogP contribution in [0.2, 0.25) is 0 Å². The molecule has 2 N–H and O–H groups in total. The Hall–Kier alpha value is -0.900. The predicted molar refractivity (Wildman–Crippen MR) is 79.5 cm³/mol. The average Bonchev–Trinajstić information content (AvgIpc) is 2.84. The standard InChI is InChI=1S/C13H21FN2O5S/c1-13(2,3)21-12(19)16(4)11-15-8-7(14)9(18)6(5-17)20-10(8)22-11/h6-10,17-18H,5H2,1-4H3/t6-,7-,8-,9-,10-/m1/s1. The van der Waals surface area contributed by atoms with Gasteiger partial charge in [-0.05, 0) is 20.8 Å². The summed E-state index contributed by atoms with van der Waals surface area (Å²) in [6, 6.07) is -0.914. The molecule has 0 saturated carbocycles. The van der Waals surface area contributed by atoms with Gasteiger partial charge >= 0.3 is 6.09 Å². The largest absolute Gasteiger partial charge is 0.443 e. The van der Waals surface area contributed by atoms with Crippen LogP contribution in [-0.4, -0.2) is 75.5 Å². The molecular weight excluding hydrogens is 315 g/mol. The lowest BCUT2D eigenvalue weighted by Gasteiger charge is -2.36. The van der Waals surface area contributed by atoms with Gasteiger partial charge in [0, 0.05) is 7.05 Å². The summed E-state index contributed by atoms with van der Waals surface area (Å²) < 4.78 is 24.8. The van der Waals surface area contributed by atoms with Gasteiger partial charge in [0.2, 0.25) is 0 Å². The highest BCUT2D eigenvalue weighted by molar-refractivity contribution is 8.14. The second-order valence-corrected chi connectivity index (χ2v) is 7.29. The van der Waals surface area contributed by atoms with Crippen molar-refractivity contribution in [1.82, 2.24) is 4.90 Å². The number of rotatable bonds is 1. The Morgan fingerprint density at radius 3 is 2.73 bits per heavy atom. The SMILES string of the molecule is CN(C(=O)OC(C)(C)C)C1=N[C@@H]2[C@@H](F)[C@H](O)[C@@H](CO)O[C@@H]2S1. The van der Waals surface area contributed by atoms with E-state index in [-0.39, 0.29) is 5.17 Å². The molecule has 0 spiro atoms. The van der Waals surface area contributed by atoms with Crippen molar-refractivity contribution in [3.05, 3.63) is 0 Å². The number of aliphatic imine (C=N–C) groups is 1. The summed E-state index contributed by atoms with van der Waals surface area (Å²) in [6.45, 7) is 4.74. The van der Waals surface area contributed by atoms with E-state index in [1.54, 1.807) is 20.8 Å². The topological polar surface area (TPSA) is 91.6 Å². The molecule has 1 fully saturated rings. The summed E-state index contributed by atoms with van der Waals surface area (Å²) in [5, 5.41) is 19.1. The van der Waals surface area contributed by atoms with Crippen molar-refractivity contribution < 1.29 is 28.9 Å². The van der Waals surface area contributed by atoms with Crippen molar-refractivity contribution in [2.24, 2.45) is 4.99 Å². The first-order chi connectivity index (χ1) is 10.1. The Morgan fingerprint density at radius 2 is 2.18 bits per heavy atom. The maximum atomic E-state index is 14.2. The van der Waals surface area contributed by atoms with Crippen LogP contribution in [0.4, 0.5) is 9.18 Å². The van der Waals surface area contributed by atoms with Crippen molar-refractivity contribution in [3.63, 3.8) is 0 Å². The summed E-state index contributed by atoms with van der Waals surface area (Å²) in [6.07, 6.45) is -4.70. The molecule has 5 atom stereocenters. The van der Waals surface area contributed by atoms with E-state index in [0.717, 1.165) is 11.8 Å². The predicted octanol–water partition coefficient (Wildman–Crippen LogP) is 0.741. The van der Waals surface area contributed by atoms with Gasteiger partial charge in [0.25, 0.3) is 0 Å². The van der Waals surface area contributed by atoms with Gasteiger partial charge < -0.3 is 19.7 Å². The summed E-state index contributed by atoms with van der Waals surface area (Å²) in [4.78, 5) is 17.3. The molecule has 7 nitrogen and oxygen atoms in total. The molecule has 0 aromatic heterocycles. The van der Waals surface area contributed by atoms with E-state index >= 15 is 0 Å². The Balaban J connectivity index is 2.08. The van der Waals surface area contributed by atoms with Crippen LogP contribution in [0.15, 0.2) is 4.99 Å². The molecule has 2 rings (SSSR count). The third kappa shape index (κ3) is 3.53. The van der Waals surface area contributed by atoms with Gasteiger partial charge in [0.15, 0.2) is 11.3 Å². The van der Waals surface area contributed by atoms with Gasteiger partial charge in [-0.15, -0.1) is 0 Å². The van der Waals surface area contributed by atoms with Gasteiger partial charge in [-0.3, -0.25) is 9.89 Å². The molecule has 0 aromatic rings. The fourth-order valence-electron chi connectivity index (χ4n) is 2.11. The minimum atomic E-state index is -1.66. The van der Waals surface area contributed by atoms with E-state index in [4.69, 9.17) is 14.6 Å². The number of halogens is 1. The molecule has 2 aliphatic heterocycles. The number of hydrogen-bond donors (Lipinski definition) is 2. The van der Waals surface area contributed by atoms with Crippen LogP contribution in [0.5, 0.6) is 0 Å². The van der Waals surface area contributed by atoms with Crippen LogP contribution >= 0.6 is 11.8 Å². The molecule has 1 saturated heterocycles. The second kappa shape index (κ2) is 6.31. The first-order valence-corrected chi connectivity index (χ1v) is 7.81. The Kier molecular flexibility index (Phi) is 5.00. The number of hydrogen-bond acceptors (Lipinski definition) is 7. The summed E-state index contributed by atoms with van der Waals surface area (Å²) in [5.41, 5.74) is -1.34. The van der Waals surface area contributed by atoms with Gasteiger partial charge in [0.1, 0.15) is 29.3 Å². The fraction of sp³-hybridized carbons (Fsp3) is 0.846. The second-order valence-electron chi connectivity index (χ2n) is 6.22. The van der Waals surface area contributed by atoms with Crippen molar-refractivity contribution >= 4 is 23.0 Å². The number of ether oxygens (including phenoxy) is 2. The maximum Gasteiger partial charge on any atom is 0.416 e. The molecule has 0 unspecified atom stereocenters. The lowest BCUT2D eigenvalue weighted by Crippen LogP contribution is -2.53. The number of thioether (sulfide) groups is 1. The number of aliphatic hydroxyl groups excluding tert-OH is 2. The van der Waals surface area contributed by atoms with Crippen LogP contribution in [0.1, 0.15) is 20.8 Å². The highest BCUT2D eigenvalue weighted by Crippen LogP contribution is 2.38. The van der Waals surface area contributed by atoms with Gasteiger partial charge in [-0.1, -0.05) is 11.8 Å². The number of fused-ring (bicyclic) bond motifs is 1. The number of nitrogens with zero attached hydrogens (tertiary/aromatic N) is 2. The zero-order chi connectivity index (χ0) is 16.7. The molecule has 22 heavy (non-hydrogen) atoms.